The van der Waals surface area contributed by atoms with Gasteiger partial charge in [-0.3, -0.25) is 4.98 Å². The van der Waals surface area contributed by atoms with Crippen LogP contribution in [-0.2, 0) is 6.42 Å². The van der Waals surface area contributed by atoms with Crippen LogP contribution >= 0.6 is 0 Å². The third-order valence-corrected chi connectivity index (χ3v) is 4.91. The van der Waals surface area contributed by atoms with Crippen LogP contribution in [0.4, 0.5) is 0 Å². The van der Waals surface area contributed by atoms with Crippen molar-refractivity contribution in [1.29, 1.82) is 0 Å². The lowest BCUT2D eigenvalue weighted by atomic mass is 9.80. The zero-order chi connectivity index (χ0) is 14.8. The molecule has 1 aliphatic heterocycles. The van der Waals surface area contributed by atoms with E-state index in [1.54, 1.807) is 11.1 Å². The molecule has 1 fully saturated rings. The Balaban J connectivity index is 1.92. The van der Waals surface area contributed by atoms with Crippen molar-refractivity contribution in [3.63, 3.8) is 0 Å². The Morgan fingerprint density at radius 3 is 2.77 bits per heavy atom. The number of piperidine rings is 1. The van der Waals surface area contributed by atoms with Gasteiger partial charge in [-0.25, -0.2) is 0 Å². The fourth-order valence-electron chi connectivity index (χ4n) is 3.78. The van der Waals surface area contributed by atoms with Crippen LogP contribution in [0, 0.1) is 0 Å². The van der Waals surface area contributed by atoms with Crippen LogP contribution in [0.25, 0.3) is 5.57 Å². The molecule has 0 radical (unpaired) electrons. The first kappa shape index (κ1) is 13.7. The Labute approximate surface area is 132 Å². The molecule has 0 bridgehead atoms. The normalized spacial score (nSPS) is 21.3. The fraction of sp³-hybridized carbons (Fsp3) is 0.350. The van der Waals surface area contributed by atoms with Crippen LogP contribution in [0.2, 0.25) is 0 Å². The van der Waals surface area contributed by atoms with Crippen LogP contribution < -0.4 is 5.32 Å². The second-order valence-corrected chi connectivity index (χ2v) is 6.25. The molecular formula is C20H22N2. The average molecular weight is 290 g/mol. The van der Waals surface area contributed by atoms with Crippen molar-refractivity contribution in [3.8, 4) is 0 Å². The van der Waals surface area contributed by atoms with E-state index in [0.29, 0.717) is 0 Å². The predicted molar refractivity (Wildman–Crippen MR) is 91.5 cm³/mol. The zero-order valence-corrected chi connectivity index (χ0v) is 12.9. The maximum Gasteiger partial charge on any atom is 0.0739 e. The topological polar surface area (TPSA) is 24.9 Å². The van der Waals surface area contributed by atoms with Gasteiger partial charge in [0.25, 0.3) is 0 Å². The van der Waals surface area contributed by atoms with Crippen molar-refractivity contribution < 1.29 is 0 Å². The third kappa shape index (κ3) is 2.48. The van der Waals surface area contributed by atoms with E-state index in [2.05, 4.69) is 41.8 Å². The number of aromatic nitrogens is 1. The van der Waals surface area contributed by atoms with Gasteiger partial charge in [-0.2, -0.15) is 0 Å². The summed E-state index contributed by atoms with van der Waals surface area (Å²) >= 11 is 0. The number of allylic oxidation sites excluding steroid dienone is 7. The highest BCUT2D eigenvalue weighted by Gasteiger charge is 2.24. The Morgan fingerprint density at radius 1 is 0.955 bits per heavy atom. The van der Waals surface area contributed by atoms with Crippen LogP contribution in [-0.4, -0.2) is 18.1 Å². The molecule has 2 nitrogen and oxygen atoms in total. The molecule has 0 amide bonds. The van der Waals surface area contributed by atoms with Gasteiger partial charge in [-0.15, -0.1) is 0 Å². The predicted octanol–water partition coefficient (Wildman–Crippen LogP) is 3.98. The van der Waals surface area contributed by atoms with E-state index in [9.17, 15) is 0 Å². The number of nitrogens with zero attached hydrogens (tertiary/aromatic N) is 1. The molecule has 1 N–H and O–H groups in total. The summed E-state index contributed by atoms with van der Waals surface area (Å²) in [5, 5.41) is 3.47. The molecule has 0 spiro atoms. The van der Waals surface area contributed by atoms with Crippen LogP contribution in [0.3, 0.4) is 0 Å². The van der Waals surface area contributed by atoms with Crippen LogP contribution in [0.5, 0.6) is 0 Å². The van der Waals surface area contributed by atoms with E-state index in [1.165, 1.54) is 28.8 Å². The lowest BCUT2D eigenvalue weighted by Gasteiger charge is -2.27. The van der Waals surface area contributed by atoms with Gasteiger partial charge in [-0.05, 0) is 62.4 Å². The summed E-state index contributed by atoms with van der Waals surface area (Å²) in [6.45, 7) is 2.19. The van der Waals surface area contributed by atoms with Crippen molar-refractivity contribution in [3.05, 3.63) is 70.6 Å². The third-order valence-electron chi connectivity index (χ3n) is 4.91. The summed E-state index contributed by atoms with van der Waals surface area (Å²) < 4.78 is 0. The Morgan fingerprint density at radius 2 is 1.86 bits per heavy atom. The second kappa shape index (κ2) is 6.05. The van der Waals surface area contributed by atoms with E-state index < -0.39 is 0 Å². The minimum atomic E-state index is 1.06. The summed E-state index contributed by atoms with van der Waals surface area (Å²) in [5.74, 6) is 0. The highest BCUT2D eigenvalue weighted by Crippen LogP contribution is 2.40. The van der Waals surface area contributed by atoms with Crippen molar-refractivity contribution >= 4 is 5.57 Å². The summed E-state index contributed by atoms with van der Waals surface area (Å²) in [4.78, 5) is 4.76. The molecule has 0 aromatic carbocycles. The van der Waals surface area contributed by atoms with E-state index in [0.717, 1.165) is 38.8 Å². The number of nitrogens with one attached hydrogen (secondary N) is 1. The number of rotatable bonds is 0. The first-order valence-corrected chi connectivity index (χ1v) is 8.36. The van der Waals surface area contributed by atoms with Crippen LogP contribution in [0.1, 0.15) is 36.9 Å². The highest BCUT2D eigenvalue weighted by molar-refractivity contribution is 5.86. The molecule has 1 saturated heterocycles. The van der Waals surface area contributed by atoms with E-state index in [-0.39, 0.29) is 0 Å². The molecule has 2 aliphatic carbocycles. The smallest absolute Gasteiger partial charge is 0.0739 e. The summed E-state index contributed by atoms with van der Waals surface area (Å²) in [6.07, 6.45) is 16.6. The molecule has 0 saturated carbocycles. The Kier molecular flexibility index (Phi) is 3.77. The summed E-state index contributed by atoms with van der Waals surface area (Å²) in [7, 11) is 0. The minimum Gasteiger partial charge on any atom is -0.316 e. The molecule has 4 rings (SSSR count). The summed E-state index contributed by atoms with van der Waals surface area (Å²) in [5.41, 5.74) is 8.67. The van der Waals surface area contributed by atoms with Gasteiger partial charge in [0.15, 0.2) is 0 Å². The average Bonchev–Trinajstić information content (AvgIpc) is 2.56. The monoisotopic (exact) mass is 290 g/mol. The van der Waals surface area contributed by atoms with Gasteiger partial charge < -0.3 is 5.32 Å². The van der Waals surface area contributed by atoms with Gasteiger partial charge in [0.1, 0.15) is 0 Å². The molecule has 2 heterocycles. The van der Waals surface area contributed by atoms with Gasteiger partial charge in [-0.1, -0.05) is 41.5 Å². The van der Waals surface area contributed by atoms with Gasteiger partial charge >= 0.3 is 0 Å². The quantitative estimate of drug-likeness (QED) is 0.782. The highest BCUT2D eigenvalue weighted by atomic mass is 14.9. The van der Waals surface area contributed by atoms with Crippen molar-refractivity contribution in [1.82, 2.24) is 10.3 Å². The van der Waals surface area contributed by atoms with Gasteiger partial charge in [0, 0.05) is 11.8 Å². The van der Waals surface area contributed by atoms with E-state index in [4.69, 9.17) is 4.98 Å². The maximum atomic E-state index is 4.76. The number of pyridine rings is 1. The zero-order valence-electron chi connectivity index (χ0n) is 12.9. The molecule has 2 heteroatoms. The lowest BCUT2D eigenvalue weighted by Crippen LogP contribution is -2.24. The number of hydrogen-bond donors (Lipinski definition) is 1. The van der Waals surface area contributed by atoms with Gasteiger partial charge in [0.2, 0.25) is 0 Å². The molecule has 0 unspecified atom stereocenters. The van der Waals surface area contributed by atoms with Crippen molar-refractivity contribution in [2.24, 2.45) is 0 Å². The SMILES string of the molecule is C1=CCC2=C(C(=C3CCNCC3)C=C1)c1ncccc1CC2. The standard InChI is InChI=1S/C20H22N2/c1-2-5-16-8-9-17-6-4-12-22-20(17)19(16)18(7-3-1)15-10-13-21-14-11-15/h1-4,6-7,12,21H,5,8-11,13-14H2. The molecule has 0 atom stereocenters. The number of aryl methyl sites for hydroxylation is 1. The largest absolute Gasteiger partial charge is 0.316 e. The van der Waals surface area contributed by atoms with E-state index >= 15 is 0 Å². The molecule has 1 aromatic heterocycles. The minimum absolute atomic E-state index is 1.06. The van der Waals surface area contributed by atoms with Crippen LogP contribution in [0.15, 0.2) is 59.4 Å². The first-order chi connectivity index (χ1) is 10.9. The second-order valence-electron chi connectivity index (χ2n) is 6.25. The molecule has 3 aliphatic rings. The fourth-order valence-corrected chi connectivity index (χ4v) is 3.78. The van der Waals surface area contributed by atoms with Gasteiger partial charge in [0.05, 0.1) is 5.69 Å². The molecule has 1 aromatic rings. The first-order valence-electron chi connectivity index (χ1n) is 8.36. The summed E-state index contributed by atoms with van der Waals surface area (Å²) in [6, 6.07) is 4.32. The van der Waals surface area contributed by atoms with Crippen molar-refractivity contribution in [2.45, 2.75) is 32.1 Å². The lowest BCUT2D eigenvalue weighted by molar-refractivity contribution is 0.607. The Bertz CT molecular complexity index is 696. The van der Waals surface area contributed by atoms with Crippen molar-refractivity contribution in [2.75, 3.05) is 13.1 Å². The Hall–Kier alpha value is -1.93. The molecular weight excluding hydrogens is 268 g/mol. The molecule has 112 valence electrons. The molecule has 22 heavy (non-hydrogen) atoms. The maximum absolute atomic E-state index is 4.76. The number of hydrogen-bond acceptors (Lipinski definition) is 2. The number of fused-ring (bicyclic) bond motifs is 2. The van der Waals surface area contributed by atoms with E-state index in [1.807, 2.05) is 6.20 Å².